The third kappa shape index (κ3) is 4.39. The zero-order valence-corrected chi connectivity index (χ0v) is 11.4. The summed E-state index contributed by atoms with van der Waals surface area (Å²) in [5.41, 5.74) is 0. The Balaban J connectivity index is 2.77. The minimum Gasteiger partial charge on any atom is -0.394 e. The smallest absolute Gasteiger partial charge is 0.217 e. The van der Waals surface area contributed by atoms with E-state index >= 15 is 0 Å². The van der Waals surface area contributed by atoms with Gasteiger partial charge in [-0.25, -0.2) is 0 Å². The van der Waals surface area contributed by atoms with Crippen LogP contribution in [-0.2, 0) is 14.3 Å². The minimum absolute atomic E-state index is 0.248. The van der Waals surface area contributed by atoms with Crippen molar-refractivity contribution in [3.8, 4) is 0 Å². The summed E-state index contributed by atoms with van der Waals surface area (Å²) in [7, 11) is 0. The molecule has 0 bridgehead atoms. The predicted molar refractivity (Wildman–Crippen MR) is 66.2 cm³/mol. The van der Waals surface area contributed by atoms with Gasteiger partial charge in [-0.05, 0) is 5.92 Å². The van der Waals surface area contributed by atoms with E-state index in [4.69, 9.17) is 14.6 Å². The van der Waals surface area contributed by atoms with Gasteiger partial charge in [-0.15, -0.1) is 0 Å². The average Bonchev–Trinajstić information content (AvgIpc) is 2.33. The summed E-state index contributed by atoms with van der Waals surface area (Å²) in [5.74, 6) is -0.112. The van der Waals surface area contributed by atoms with Gasteiger partial charge in [0.2, 0.25) is 5.91 Å². The molecule has 5 unspecified atom stereocenters. The molecule has 0 spiro atoms. The molecule has 7 nitrogen and oxygen atoms in total. The summed E-state index contributed by atoms with van der Waals surface area (Å²) in [4.78, 5) is 11.1. The second kappa shape index (κ2) is 7.16. The van der Waals surface area contributed by atoms with E-state index in [0.717, 1.165) is 0 Å². The molecule has 4 N–H and O–H groups in total. The average molecular weight is 277 g/mol. The van der Waals surface area contributed by atoms with Gasteiger partial charge in [-0.3, -0.25) is 4.79 Å². The summed E-state index contributed by atoms with van der Waals surface area (Å²) in [6.45, 7) is 5.14. The molecule has 0 radical (unpaired) electrons. The molecule has 1 aliphatic rings. The Hall–Kier alpha value is -0.730. The van der Waals surface area contributed by atoms with Gasteiger partial charge in [0.15, 0.2) is 6.29 Å². The zero-order valence-electron chi connectivity index (χ0n) is 11.4. The Kier molecular flexibility index (Phi) is 6.15. The molecule has 1 saturated heterocycles. The quantitative estimate of drug-likeness (QED) is 0.492. The van der Waals surface area contributed by atoms with Gasteiger partial charge in [0.1, 0.15) is 24.4 Å². The van der Waals surface area contributed by atoms with Gasteiger partial charge < -0.3 is 30.1 Å². The maximum atomic E-state index is 11.1. The van der Waals surface area contributed by atoms with Gasteiger partial charge >= 0.3 is 0 Å². The van der Waals surface area contributed by atoms with Gasteiger partial charge in [-0.1, -0.05) is 13.8 Å². The van der Waals surface area contributed by atoms with Crippen molar-refractivity contribution in [2.24, 2.45) is 5.92 Å². The fourth-order valence-electron chi connectivity index (χ4n) is 1.90. The number of aliphatic hydroxyl groups is 3. The first-order valence-corrected chi connectivity index (χ1v) is 6.38. The molecule has 19 heavy (non-hydrogen) atoms. The number of hydrogen-bond acceptors (Lipinski definition) is 6. The third-order valence-corrected chi connectivity index (χ3v) is 2.84. The molecule has 1 fully saturated rings. The fraction of sp³-hybridized carbons (Fsp3) is 0.917. The van der Waals surface area contributed by atoms with Crippen molar-refractivity contribution in [3.63, 3.8) is 0 Å². The Morgan fingerprint density at radius 1 is 1.37 bits per heavy atom. The molecular weight excluding hydrogens is 254 g/mol. The van der Waals surface area contributed by atoms with Gasteiger partial charge in [0, 0.05) is 6.92 Å². The molecule has 5 atom stereocenters. The highest BCUT2D eigenvalue weighted by Gasteiger charge is 2.45. The first-order valence-electron chi connectivity index (χ1n) is 6.38. The van der Waals surface area contributed by atoms with Crippen LogP contribution < -0.4 is 5.32 Å². The number of hydrogen-bond donors (Lipinski definition) is 4. The number of nitrogens with one attached hydrogen (secondary N) is 1. The predicted octanol–water partition coefficient (Wildman–Crippen LogP) is -1.40. The molecule has 0 aromatic heterocycles. The summed E-state index contributed by atoms with van der Waals surface area (Å²) in [5, 5.41) is 31.4. The van der Waals surface area contributed by atoms with Crippen molar-refractivity contribution in [3.05, 3.63) is 0 Å². The number of amides is 1. The van der Waals surface area contributed by atoms with Crippen molar-refractivity contribution in [1.29, 1.82) is 0 Å². The zero-order chi connectivity index (χ0) is 14.6. The lowest BCUT2D eigenvalue weighted by atomic mass is 9.97. The van der Waals surface area contributed by atoms with Crippen LogP contribution in [0.15, 0.2) is 0 Å². The molecule has 1 amide bonds. The SMILES string of the molecule is CC(=O)NC1C(OCC(C)C)OC(CO)C(O)C1O. The lowest BCUT2D eigenvalue weighted by molar-refractivity contribution is -0.272. The monoisotopic (exact) mass is 277 g/mol. The summed E-state index contributed by atoms with van der Waals surface area (Å²) in [6.07, 6.45) is -4.37. The number of carbonyl (C=O) groups is 1. The summed E-state index contributed by atoms with van der Waals surface area (Å²) < 4.78 is 10.9. The van der Waals surface area contributed by atoms with E-state index in [9.17, 15) is 15.0 Å². The molecule has 1 rings (SSSR count). The Morgan fingerprint density at radius 2 is 2.00 bits per heavy atom. The van der Waals surface area contributed by atoms with Crippen LogP contribution in [0.25, 0.3) is 0 Å². The van der Waals surface area contributed by atoms with Crippen molar-refractivity contribution < 1.29 is 29.6 Å². The van der Waals surface area contributed by atoms with Crippen LogP contribution in [0.4, 0.5) is 0 Å². The van der Waals surface area contributed by atoms with Crippen LogP contribution >= 0.6 is 0 Å². The van der Waals surface area contributed by atoms with Crippen molar-refractivity contribution >= 4 is 5.91 Å². The summed E-state index contributed by atoms with van der Waals surface area (Å²) in [6, 6.07) is -0.867. The van der Waals surface area contributed by atoms with Crippen LogP contribution in [0.5, 0.6) is 0 Å². The van der Waals surface area contributed by atoms with E-state index < -0.39 is 37.3 Å². The molecule has 0 aliphatic carbocycles. The maximum Gasteiger partial charge on any atom is 0.217 e. The lowest BCUT2D eigenvalue weighted by Gasteiger charge is -2.42. The highest BCUT2D eigenvalue weighted by atomic mass is 16.7. The van der Waals surface area contributed by atoms with Crippen molar-refractivity contribution in [1.82, 2.24) is 5.32 Å². The molecular formula is C12H23NO6. The Bertz CT molecular complexity index is 298. The Morgan fingerprint density at radius 3 is 2.47 bits per heavy atom. The van der Waals surface area contributed by atoms with Crippen molar-refractivity contribution in [2.45, 2.75) is 51.4 Å². The van der Waals surface area contributed by atoms with E-state index in [2.05, 4.69) is 5.32 Å². The first kappa shape index (κ1) is 16.3. The lowest BCUT2D eigenvalue weighted by Crippen LogP contribution is -2.64. The third-order valence-electron chi connectivity index (χ3n) is 2.84. The highest BCUT2D eigenvalue weighted by molar-refractivity contribution is 5.73. The largest absolute Gasteiger partial charge is 0.394 e. The molecule has 112 valence electrons. The number of rotatable bonds is 5. The fourth-order valence-corrected chi connectivity index (χ4v) is 1.90. The van der Waals surface area contributed by atoms with Gasteiger partial charge in [0.05, 0.1) is 13.2 Å². The molecule has 0 aromatic rings. The number of ether oxygens (including phenoxy) is 2. The normalized spacial score (nSPS) is 35.4. The first-order chi connectivity index (χ1) is 8.86. The van der Waals surface area contributed by atoms with E-state index in [1.807, 2.05) is 13.8 Å². The molecule has 0 saturated carbocycles. The van der Waals surface area contributed by atoms with Gasteiger partial charge in [-0.2, -0.15) is 0 Å². The molecule has 0 aromatic carbocycles. The number of aliphatic hydroxyl groups excluding tert-OH is 3. The van der Waals surface area contributed by atoms with Crippen LogP contribution in [0, 0.1) is 5.92 Å². The topological polar surface area (TPSA) is 108 Å². The second-order valence-electron chi connectivity index (χ2n) is 5.16. The van der Waals surface area contributed by atoms with Crippen LogP contribution in [0.1, 0.15) is 20.8 Å². The summed E-state index contributed by atoms with van der Waals surface area (Å²) >= 11 is 0. The minimum atomic E-state index is -1.28. The van der Waals surface area contributed by atoms with Crippen LogP contribution in [0.2, 0.25) is 0 Å². The van der Waals surface area contributed by atoms with E-state index in [-0.39, 0.29) is 11.8 Å². The Labute approximate surface area is 112 Å². The highest BCUT2D eigenvalue weighted by Crippen LogP contribution is 2.22. The second-order valence-corrected chi connectivity index (χ2v) is 5.16. The van der Waals surface area contributed by atoms with E-state index in [1.165, 1.54) is 6.92 Å². The maximum absolute atomic E-state index is 11.1. The van der Waals surface area contributed by atoms with Crippen molar-refractivity contribution in [2.75, 3.05) is 13.2 Å². The van der Waals surface area contributed by atoms with E-state index in [1.54, 1.807) is 0 Å². The van der Waals surface area contributed by atoms with E-state index in [0.29, 0.717) is 6.61 Å². The van der Waals surface area contributed by atoms with Crippen LogP contribution in [0.3, 0.4) is 0 Å². The number of carbonyl (C=O) groups excluding carboxylic acids is 1. The molecule has 1 aliphatic heterocycles. The van der Waals surface area contributed by atoms with Crippen LogP contribution in [-0.4, -0.2) is 65.1 Å². The van der Waals surface area contributed by atoms with Gasteiger partial charge in [0.25, 0.3) is 0 Å². The molecule has 7 heteroatoms. The standard InChI is InChI=1S/C12H23NO6/c1-6(2)5-18-12-9(13-7(3)15)11(17)10(16)8(4-14)19-12/h6,8-12,14,16-17H,4-5H2,1-3H3,(H,13,15). The molecule has 1 heterocycles.